The molecule has 0 atom stereocenters. The number of furan rings is 1. The van der Waals surface area contributed by atoms with E-state index in [0.717, 1.165) is 11.0 Å². The molecule has 1 amide bonds. The van der Waals surface area contributed by atoms with Gasteiger partial charge < -0.3 is 19.4 Å². The SMILES string of the molecule is C=C(O)c1ccc(-c2nc3cccc4c3n2CCNC4=O)o1. The molecule has 6 nitrogen and oxygen atoms in total. The summed E-state index contributed by atoms with van der Waals surface area (Å²) < 4.78 is 7.56. The van der Waals surface area contributed by atoms with Crippen LogP contribution in [0.2, 0.25) is 0 Å². The Morgan fingerprint density at radius 3 is 3.00 bits per heavy atom. The summed E-state index contributed by atoms with van der Waals surface area (Å²) in [5.41, 5.74) is 2.14. The predicted octanol–water partition coefficient (Wildman–Crippen LogP) is 2.57. The second-order valence-corrected chi connectivity index (χ2v) is 5.13. The zero-order chi connectivity index (χ0) is 15.3. The van der Waals surface area contributed by atoms with E-state index in [1.165, 1.54) is 0 Å². The van der Waals surface area contributed by atoms with Crippen molar-refractivity contribution in [3.63, 3.8) is 0 Å². The van der Waals surface area contributed by atoms with E-state index in [4.69, 9.17) is 4.42 Å². The van der Waals surface area contributed by atoms with Gasteiger partial charge in [-0.15, -0.1) is 0 Å². The molecule has 2 N–H and O–H groups in total. The molecule has 0 unspecified atom stereocenters. The van der Waals surface area contributed by atoms with Gasteiger partial charge in [-0.25, -0.2) is 4.98 Å². The molecule has 0 radical (unpaired) electrons. The Bertz CT molecular complexity index is 920. The summed E-state index contributed by atoms with van der Waals surface area (Å²) >= 11 is 0. The minimum Gasteiger partial charge on any atom is -0.505 e. The number of carbonyl (C=O) groups is 1. The maximum absolute atomic E-state index is 12.1. The van der Waals surface area contributed by atoms with E-state index in [1.807, 2.05) is 16.7 Å². The number of aliphatic hydroxyl groups excluding tert-OH is 1. The van der Waals surface area contributed by atoms with Crippen molar-refractivity contribution in [2.45, 2.75) is 6.54 Å². The number of amides is 1. The monoisotopic (exact) mass is 295 g/mol. The molecule has 22 heavy (non-hydrogen) atoms. The first-order valence-corrected chi connectivity index (χ1v) is 6.91. The summed E-state index contributed by atoms with van der Waals surface area (Å²) in [5, 5.41) is 12.3. The number of nitrogens with zero attached hydrogens (tertiary/aromatic N) is 2. The van der Waals surface area contributed by atoms with Crippen LogP contribution in [0.25, 0.3) is 28.4 Å². The first-order chi connectivity index (χ1) is 10.6. The Hall–Kier alpha value is -3.02. The maximum atomic E-state index is 12.1. The van der Waals surface area contributed by atoms with Crippen LogP contribution in [0, 0.1) is 0 Å². The summed E-state index contributed by atoms with van der Waals surface area (Å²) in [5.74, 6) is 1.24. The second kappa shape index (κ2) is 4.49. The highest BCUT2D eigenvalue weighted by molar-refractivity contribution is 6.06. The molecule has 0 fully saturated rings. The normalized spacial score (nSPS) is 13.9. The van der Waals surface area contributed by atoms with E-state index in [9.17, 15) is 9.90 Å². The van der Waals surface area contributed by atoms with Gasteiger partial charge in [-0.3, -0.25) is 4.79 Å². The van der Waals surface area contributed by atoms with Gasteiger partial charge in [0.1, 0.15) is 0 Å². The Balaban J connectivity index is 1.98. The Morgan fingerprint density at radius 2 is 2.23 bits per heavy atom. The highest BCUT2D eigenvalue weighted by Gasteiger charge is 2.23. The zero-order valence-electron chi connectivity index (χ0n) is 11.7. The third-order valence-electron chi connectivity index (χ3n) is 3.74. The summed E-state index contributed by atoms with van der Waals surface area (Å²) in [6.07, 6.45) is 0. The number of aliphatic hydroxyl groups is 1. The number of hydrogen-bond donors (Lipinski definition) is 2. The van der Waals surface area contributed by atoms with Gasteiger partial charge in [0.05, 0.1) is 16.6 Å². The fourth-order valence-electron chi connectivity index (χ4n) is 2.76. The van der Waals surface area contributed by atoms with Crippen LogP contribution in [0.15, 0.2) is 41.3 Å². The summed E-state index contributed by atoms with van der Waals surface area (Å²) in [7, 11) is 0. The number of carbonyl (C=O) groups excluding carboxylic acids is 1. The molecule has 110 valence electrons. The average Bonchev–Trinajstić information content (AvgIpc) is 3.07. The number of para-hydroxylation sites is 1. The number of nitrogens with one attached hydrogen (secondary N) is 1. The molecule has 3 aromatic rings. The van der Waals surface area contributed by atoms with Gasteiger partial charge in [-0.2, -0.15) is 0 Å². The minimum absolute atomic E-state index is 0.0975. The smallest absolute Gasteiger partial charge is 0.253 e. The summed E-state index contributed by atoms with van der Waals surface area (Å²) in [4.78, 5) is 16.7. The maximum Gasteiger partial charge on any atom is 0.253 e. The van der Waals surface area contributed by atoms with Crippen molar-refractivity contribution in [2.75, 3.05) is 6.54 Å². The van der Waals surface area contributed by atoms with Crippen LogP contribution in [-0.4, -0.2) is 27.1 Å². The van der Waals surface area contributed by atoms with Crippen LogP contribution in [0.1, 0.15) is 16.1 Å². The summed E-state index contributed by atoms with van der Waals surface area (Å²) in [6.45, 7) is 4.57. The van der Waals surface area contributed by atoms with Gasteiger partial charge in [-0.1, -0.05) is 12.6 Å². The van der Waals surface area contributed by atoms with Crippen molar-refractivity contribution in [2.24, 2.45) is 0 Å². The third-order valence-corrected chi connectivity index (χ3v) is 3.74. The average molecular weight is 295 g/mol. The molecule has 0 saturated carbocycles. The molecular formula is C16H13N3O3. The van der Waals surface area contributed by atoms with Gasteiger partial charge in [0, 0.05) is 13.1 Å². The molecule has 2 aromatic heterocycles. The number of aromatic nitrogens is 2. The summed E-state index contributed by atoms with van der Waals surface area (Å²) in [6, 6.07) is 8.85. The van der Waals surface area contributed by atoms with Crippen LogP contribution in [0.4, 0.5) is 0 Å². The van der Waals surface area contributed by atoms with Crippen molar-refractivity contribution in [3.05, 3.63) is 48.2 Å². The number of hydrogen-bond acceptors (Lipinski definition) is 4. The van der Waals surface area contributed by atoms with Crippen LogP contribution in [-0.2, 0) is 6.54 Å². The van der Waals surface area contributed by atoms with Crippen LogP contribution >= 0.6 is 0 Å². The zero-order valence-corrected chi connectivity index (χ0v) is 11.7. The fourth-order valence-corrected chi connectivity index (χ4v) is 2.76. The van der Waals surface area contributed by atoms with E-state index >= 15 is 0 Å². The molecule has 1 aliphatic heterocycles. The fraction of sp³-hybridized carbons (Fsp3) is 0.125. The lowest BCUT2D eigenvalue weighted by Gasteiger charge is -2.04. The number of benzene rings is 1. The third kappa shape index (κ3) is 1.74. The van der Waals surface area contributed by atoms with Gasteiger partial charge in [0.2, 0.25) is 0 Å². The van der Waals surface area contributed by atoms with Gasteiger partial charge in [0.15, 0.2) is 23.1 Å². The lowest BCUT2D eigenvalue weighted by atomic mass is 10.2. The van der Waals surface area contributed by atoms with E-state index in [-0.39, 0.29) is 11.7 Å². The quantitative estimate of drug-likeness (QED) is 0.712. The van der Waals surface area contributed by atoms with Crippen LogP contribution < -0.4 is 5.32 Å². The van der Waals surface area contributed by atoms with E-state index in [2.05, 4.69) is 16.9 Å². The Morgan fingerprint density at radius 1 is 1.36 bits per heavy atom. The van der Waals surface area contributed by atoms with Gasteiger partial charge in [-0.05, 0) is 24.3 Å². The van der Waals surface area contributed by atoms with Gasteiger partial charge in [0.25, 0.3) is 5.91 Å². The van der Waals surface area contributed by atoms with E-state index in [1.54, 1.807) is 18.2 Å². The van der Waals surface area contributed by atoms with Gasteiger partial charge >= 0.3 is 0 Å². The largest absolute Gasteiger partial charge is 0.505 e. The lowest BCUT2D eigenvalue weighted by Crippen LogP contribution is -2.24. The van der Waals surface area contributed by atoms with Crippen molar-refractivity contribution < 1.29 is 14.3 Å². The van der Waals surface area contributed by atoms with Crippen molar-refractivity contribution >= 4 is 22.7 Å². The molecular weight excluding hydrogens is 282 g/mol. The molecule has 0 saturated heterocycles. The first-order valence-electron chi connectivity index (χ1n) is 6.91. The van der Waals surface area contributed by atoms with E-state index < -0.39 is 0 Å². The van der Waals surface area contributed by atoms with Crippen molar-refractivity contribution in [3.8, 4) is 11.6 Å². The first kappa shape index (κ1) is 12.7. The molecule has 4 rings (SSSR count). The van der Waals surface area contributed by atoms with Crippen LogP contribution in [0.5, 0.6) is 0 Å². The molecule has 1 aromatic carbocycles. The van der Waals surface area contributed by atoms with E-state index in [0.29, 0.717) is 36.0 Å². The lowest BCUT2D eigenvalue weighted by molar-refractivity contribution is 0.0956. The topological polar surface area (TPSA) is 80.3 Å². The highest BCUT2D eigenvalue weighted by atomic mass is 16.4. The Kier molecular flexibility index (Phi) is 2.59. The molecule has 0 aliphatic carbocycles. The molecule has 1 aliphatic rings. The second-order valence-electron chi connectivity index (χ2n) is 5.13. The molecule has 0 bridgehead atoms. The molecule has 0 spiro atoms. The number of rotatable bonds is 2. The highest BCUT2D eigenvalue weighted by Crippen LogP contribution is 2.30. The molecule has 6 heteroatoms. The standard InChI is InChI=1S/C16H13N3O3/c1-9(20)12-5-6-13(22-12)15-18-11-4-2-3-10-14(11)19(15)8-7-17-16(10)21/h2-6,20H,1,7-8H2,(H,17,21). The number of imidazole rings is 1. The minimum atomic E-state index is -0.129. The molecule has 3 heterocycles. The Labute approximate surface area is 125 Å². The van der Waals surface area contributed by atoms with Crippen molar-refractivity contribution in [1.29, 1.82) is 0 Å². The van der Waals surface area contributed by atoms with Crippen molar-refractivity contribution in [1.82, 2.24) is 14.9 Å². The predicted molar refractivity (Wildman–Crippen MR) is 81.4 cm³/mol. The van der Waals surface area contributed by atoms with Crippen LogP contribution in [0.3, 0.4) is 0 Å².